The van der Waals surface area contributed by atoms with Crippen LogP contribution < -0.4 is 11.1 Å². The quantitative estimate of drug-likeness (QED) is 0.158. The molecule has 0 saturated carbocycles. The third kappa shape index (κ3) is 3.48. The molecule has 0 aromatic carbocycles. The molecule has 0 unspecified atom stereocenters. The molecule has 6 N–H and O–H groups in total. The first kappa shape index (κ1) is 20.2. The molecule has 1 saturated heterocycles. The van der Waals surface area contributed by atoms with Gasteiger partial charge in [-0.05, 0) is 0 Å². The number of hydrogen-bond donors (Lipinski definition) is 5. The highest BCUT2D eigenvalue weighted by Crippen LogP contribution is 2.44. The first-order valence-electron chi connectivity index (χ1n) is 8.09. The Bertz CT molecular complexity index is 1080. The van der Waals surface area contributed by atoms with Crippen LogP contribution in [0.15, 0.2) is 32.6 Å². The topological polar surface area (TPSA) is 200 Å². The van der Waals surface area contributed by atoms with Crippen molar-refractivity contribution in [3.63, 3.8) is 0 Å². The molecule has 0 aliphatic carbocycles. The molecule has 0 spiro atoms. The minimum absolute atomic E-state index is 0.0642. The summed E-state index contributed by atoms with van der Waals surface area (Å²) in [4.78, 5) is 46.3. The maximum atomic E-state index is 12.7. The lowest BCUT2D eigenvalue weighted by Crippen LogP contribution is -2.71. The van der Waals surface area contributed by atoms with Crippen LogP contribution >= 0.6 is 34.9 Å². The number of thiazole rings is 1. The van der Waals surface area contributed by atoms with Gasteiger partial charge in [-0.15, -0.1) is 23.1 Å². The van der Waals surface area contributed by atoms with E-state index in [1.807, 2.05) is 0 Å². The summed E-state index contributed by atoms with van der Waals surface area (Å²) in [5.41, 5.74) is 5.02. The standard InChI is InChI=1S/C14H12N8O5S3/c15-13-18-4(1-29-13)6(21-27)9(23)19-7-10(24)22-8(12(25)26)5(2-28-11(7)22)30-14-16-3-17-20-14/h1,3,7,11,27H,2H2,(H2,15,18)(H,19,23)(H,25,26)(H,16,17,20)/b21-6+/t7-,11-/m1/s1. The Hall–Kier alpha value is -3.11. The highest BCUT2D eigenvalue weighted by Gasteiger charge is 2.54. The Balaban J connectivity index is 1.52. The van der Waals surface area contributed by atoms with Crippen LogP contribution in [0.2, 0.25) is 0 Å². The van der Waals surface area contributed by atoms with Crippen molar-refractivity contribution in [3.8, 4) is 0 Å². The smallest absolute Gasteiger partial charge is 0.353 e. The summed E-state index contributed by atoms with van der Waals surface area (Å²) >= 11 is 3.41. The van der Waals surface area contributed by atoms with Gasteiger partial charge in [0, 0.05) is 16.0 Å². The van der Waals surface area contributed by atoms with E-state index in [0.29, 0.717) is 10.1 Å². The van der Waals surface area contributed by atoms with E-state index in [-0.39, 0.29) is 22.3 Å². The van der Waals surface area contributed by atoms with Crippen LogP contribution in [0.5, 0.6) is 0 Å². The van der Waals surface area contributed by atoms with Gasteiger partial charge in [0.15, 0.2) is 16.0 Å². The number of nitrogens with zero attached hydrogens (tertiary/aromatic N) is 5. The second kappa shape index (κ2) is 7.96. The van der Waals surface area contributed by atoms with Gasteiger partial charge < -0.3 is 21.4 Å². The number of carboxylic acids is 1. The Kier molecular flexibility index (Phi) is 5.35. The number of oxime groups is 1. The second-order valence-electron chi connectivity index (χ2n) is 5.85. The number of carbonyl (C=O) groups is 3. The van der Waals surface area contributed by atoms with Gasteiger partial charge in [0.05, 0.1) is 0 Å². The van der Waals surface area contributed by atoms with Crippen LogP contribution in [-0.4, -0.2) is 76.0 Å². The number of nitrogen functional groups attached to an aromatic ring is 1. The summed E-state index contributed by atoms with van der Waals surface area (Å²) < 4.78 is 0. The van der Waals surface area contributed by atoms with E-state index in [1.165, 1.54) is 23.5 Å². The van der Waals surface area contributed by atoms with E-state index in [4.69, 9.17) is 5.73 Å². The zero-order valence-corrected chi connectivity index (χ0v) is 17.1. The molecule has 16 heteroatoms. The molecule has 0 radical (unpaired) electrons. The predicted octanol–water partition coefficient (Wildman–Crippen LogP) is -0.490. The van der Waals surface area contributed by atoms with Crippen molar-refractivity contribution in [2.24, 2.45) is 5.16 Å². The predicted molar refractivity (Wildman–Crippen MR) is 107 cm³/mol. The summed E-state index contributed by atoms with van der Waals surface area (Å²) in [5.74, 6) is -2.40. The number of H-pyrrole nitrogens is 1. The maximum absolute atomic E-state index is 12.7. The van der Waals surface area contributed by atoms with Gasteiger partial charge in [-0.2, -0.15) is 5.10 Å². The van der Waals surface area contributed by atoms with Crippen LogP contribution in [0.25, 0.3) is 0 Å². The molecule has 2 aliphatic heterocycles. The SMILES string of the molecule is Nc1nc(/C(=N\O)C(=O)N[C@@H]2C(=O)N3C(C(=O)O)=C(Sc4ncn[nH]4)CS[C@H]23)cs1. The zero-order chi connectivity index (χ0) is 21.4. The number of aromatic nitrogens is 4. The first-order valence-corrected chi connectivity index (χ1v) is 10.8. The van der Waals surface area contributed by atoms with E-state index < -0.39 is 34.9 Å². The number of nitrogens with one attached hydrogen (secondary N) is 2. The molecule has 4 rings (SSSR count). The average molecular weight is 469 g/mol. The molecule has 2 atom stereocenters. The highest BCUT2D eigenvalue weighted by atomic mass is 32.2. The van der Waals surface area contributed by atoms with Gasteiger partial charge in [0.1, 0.15) is 29.1 Å². The maximum Gasteiger partial charge on any atom is 0.353 e. The van der Waals surface area contributed by atoms with Crippen molar-refractivity contribution in [2.75, 3.05) is 11.5 Å². The van der Waals surface area contributed by atoms with Crippen LogP contribution in [-0.2, 0) is 14.4 Å². The van der Waals surface area contributed by atoms with E-state index >= 15 is 0 Å². The third-order valence-corrected chi connectivity index (χ3v) is 7.23. The van der Waals surface area contributed by atoms with Crippen LogP contribution in [0, 0.1) is 0 Å². The number of thioether (sulfide) groups is 2. The molecule has 2 aromatic heterocycles. The van der Waals surface area contributed by atoms with Gasteiger partial charge >= 0.3 is 5.97 Å². The van der Waals surface area contributed by atoms with Gasteiger partial charge in [0.25, 0.3) is 11.8 Å². The number of carboxylic acid groups (broad SMARTS) is 1. The lowest BCUT2D eigenvalue weighted by atomic mass is 10.0. The number of anilines is 1. The highest BCUT2D eigenvalue weighted by molar-refractivity contribution is 8.06. The largest absolute Gasteiger partial charge is 0.477 e. The summed E-state index contributed by atoms with van der Waals surface area (Å²) in [6.07, 6.45) is 1.29. The van der Waals surface area contributed by atoms with E-state index in [2.05, 4.69) is 30.6 Å². The number of β-lactam (4-membered cyclic amide) rings is 1. The summed E-state index contributed by atoms with van der Waals surface area (Å²) in [6.45, 7) is 0. The number of hydrogen-bond acceptors (Lipinski definition) is 12. The monoisotopic (exact) mass is 468 g/mol. The number of fused-ring (bicyclic) bond motifs is 1. The van der Waals surface area contributed by atoms with Gasteiger partial charge in [-0.1, -0.05) is 16.9 Å². The fraction of sp³-hybridized carbons (Fsp3) is 0.214. The van der Waals surface area contributed by atoms with Gasteiger partial charge in [-0.25, -0.2) is 14.8 Å². The molecule has 1 fully saturated rings. The van der Waals surface area contributed by atoms with Crippen LogP contribution in [0.3, 0.4) is 0 Å². The molecule has 4 heterocycles. The molecule has 2 aromatic rings. The average Bonchev–Trinajstić information content (AvgIpc) is 3.38. The number of rotatable bonds is 6. The van der Waals surface area contributed by atoms with Crippen molar-refractivity contribution in [1.29, 1.82) is 0 Å². The fourth-order valence-corrected chi connectivity index (χ4v) is 5.74. The van der Waals surface area contributed by atoms with E-state index in [9.17, 15) is 24.7 Å². The number of nitrogens with two attached hydrogens (primary N) is 1. The lowest BCUT2D eigenvalue weighted by molar-refractivity contribution is -0.150. The first-order chi connectivity index (χ1) is 14.4. The molecule has 0 bridgehead atoms. The summed E-state index contributed by atoms with van der Waals surface area (Å²) in [6, 6.07) is -0.985. The van der Waals surface area contributed by atoms with Crippen molar-refractivity contribution in [3.05, 3.63) is 28.0 Å². The number of aliphatic carboxylic acids is 1. The van der Waals surface area contributed by atoms with Gasteiger partial charge in [0.2, 0.25) is 0 Å². The van der Waals surface area contributed by atoms with Crippen LogP contribution in [0.1, 0.15) is 5.69 Å². The second-order valence-corrected chi connectivity index (χ2v) is 8.93. The van der Waals surface area contributed by atoms with Crippen molar-refractivity contribution in [1.82, 2.24) is 30.4 Å². The van der Waals surface area contributed by atoms with Crippen molar-refractivity contribution >= 4 is 63.5 Å². The number of carbonyl (C=O) groups excluding carboxylic acids is 2. The molecular weight excluding hydrogens is 456 g/mol. The molecule has 2 amide bonds. The molecule has 13 nitrogen and oxygen atoms in total. The Morgan fingerprint density at radius 1 is 1.47 bits per heavy atom. The zero-order valence-electron chi connectivity index (χ0n) is 14.7. The lowest BCUT2D eigenvalue weighted by Gasteiger charge is -2.49. The summed E-state index contributed by atoms with van der Waals surface area (Å²) in [7, 11) is 0. The minimum atomic E-state index is -1.27. The van der Waals surface area contributed by atoms with E-state index in [1.54, 1.807) is 0 Å². The van der Waals surface area contributed by atoms with Gasteiger partial charge in [-0.3, -0.25) is 19.6 Å². The molecule has 30 heavy (non-hydrogen) atoms. The fourth-order valence-electron chi connectivity index (χ4n) is 2.85. The van der Waals surface area contributed by atoms with Crippen molar-refractivity contribution in [2.45, 2.75) is 16.6 Å². The van der Waals surface area contributed by atoms with Crippen LogP contribution in [0.4, 0.5) is 5.13 Å². The summed E-state index contributed by atoms with van der Waals surface area (Å²) in [5, 5.41) is 32.0. The Labute approximate surface area is 179 Å². The number of aromatic amines is 1. The third-order valence-electron chi connectivity index (χ3n) is 4.11. The Morgan fingerprint density at radius 3 is 2.87 bits per heavy atom. The molecule has 2 aliphatic rings. The molecule has 156 valence electrons. The van der Waals surface area contributed by atoms with E-state index in [0.717, 1.165) is 28.0 Å². The minimum Gasteiger partial charge on any atom is -0.477 e. The Morgan fingerprint density at radius 2 is 2.27 bits per heavy atom. The molecular formula is C14H12N8O5S3. The van der Waals surface area contributed by atoms with Crippen molar-refractivity contribution < 1.29 is 24.7 Å². The normalized spacial score (nSPS) is 21.3. The number of amides is 2.